The minimum atomic E-state index is -0.276. The first kappa shape index (κ1) is 25.7. The number of ether oxygens (including phenoxy) is 1. The van der Waals surface area contributed by atoms with E-state index in [-0.39, 0.29) is 18.1 Å². The number of hydrogen-bond donors (Lipinski definition) is 1. The van der Waals surface area contributed by atoms with Crippen LogP contribution in [0.1, 0.15) is 45.1 Å². The van der Waals surface area contributed by atoms with Gasteiger partial charge in [-0.2, -0.15) is 0 Å². The molecule has 0 saturated carbocycles. The van der Waals surface area contributed by atoms with Crippen LogP contribution in [-0.2, 0) is 17.7 Å². The van der Waals surface area contributed by atoms with Gasteiger partial charge in [0.25, 0.3) is 0 Å². The molecule has 1 unspecified atom stereocenters. The molecule has 1 aliphatic heterocycles. The van der Waals surface area contributed by atoms with E-state index in [0.717, 1.165) is 78.1 Å². The van der Waals surface area contributed by atoms with Gasteiger partial charge in [-0.1, -0.05) is 31.4 Å². The number of methoxy groups -OCH3 is 1. The van der Waals surface area contributed by atoms with Crippen molar-refractivity contribution in [3.8, 4) is 11.3 Å². The van der Waals surface area contributed by atoms with Crippen molar-refractivity contribution in [3.63, 3.8) is 0 Å². The van der Waals surface area contributed by atoms with Gasteiger partial charge < -0.3 is 24.2 Å². The lowest BCUT2D eigenvalue weighted by atomic mass is 9.83. The molecule has 2 radical (unpaired) electrons. The maximum Gasteiger partial charge on any atom is 0.113 e. The molecule has 1 aliphatic rings. The lowest BCUT2D eigenvalue weighted by molar-refractivity contribution is 0.116. The summed E-state index contributed by atoms with van der Waals surface area (Å²) < 4.78 is 8.14. The summed E-state index contributed by atoms with van der Waals surface area (Å²) in [5.41, 5.74) is 7.14. The first-order valence-electron chi connectivity index (χ1n) is 12.7. The van der Waals surface area contributed by atoms with E-state index in [1.165, 1.54) is 5.56 Å². The van der Waals surface area contributed by atoms with Gasteiger partial charge in [-0.15, -0.1) is 0 Å². The molecule has 3 aromatic rings. The number of piperazine rings is 1. The van der Waals surface area contributed by atoms with Crippen molar-refractivity contribution in [2.75, 3.05) is 51.8 Å². The number of aliphatic hydroxyl groups excluding tert-OH is 1. The molecule has 1 aromatic carbocycles. The van der Waals surface area contributed by atoms with Crippen LogP contribution >= 0.6 is 0 Å². The normalized spacial score (nSPS) is 16.3. The van der Waals surface area contributed by atoms with E-state index in [0.29, 0.717) is 0 Å². The Morgan fingerprint density at radius 2 is 1.89 bits per heavy atom. The second-order valence-corrected chi connectivity index (χ2v) is 10.6. The molecular formula is C28H39BN4O2. The van der Waals surface area contributed by atoms with Crippen molar-refractivity contribution < 1.29 is 9.84 Å². The summed E-state index contributed by atoms with van der Waals surface area (Å²) in [5, 5.41) is 11.3. The maximum absolute atomic E-state index is 10.1. The SMILES string of the molecule is [B]c1ccc2c(c1)c(CC(C)(C)CO)c(-c1cc(N3CCN(C)CC3)cnc1C(C)OC)n2CC. The molecule has 1 atom stereocenters. The van der Waals surface area contributed by atoms with Gasteiger partial charge in [0, 0.05) is 62.9 Å². The molecular weight excluding hydrogens is 435 g/mol. The van der Waals surface area contributed by atoms with Gasteiger partial charge in [0.05, 0.1) is 29.4 Å². The molecule has 35 heavy (non-hydrogen) atoms. The van der Waals surface area contributed by atoms with Crippen molar-refractivity contribution in [3.05, 3.63) is 41.7 Å². The average Bonchev–Trinajstić information content (AvgIpc) is 3.15. The van der Waals surface area contributed by atoms with Crippen LogP contribution in [0.15, 0.2) is 30.5 Å². The Balaban J connectivity index is 1.99. The lowest BCUT2D eigenvalue weighted by Gasteiger charge is -2.34. The highest BCUT2D eigenvalue weighted by atomic mass is 16.5. The lowest BCUT2D eigenvalue weighted by Crippen LogP contribution is -2.44. The Hall–Kier alpha value is -2.35. The number of fused-ring (bicyclic) bond motifs is 1. The molecule has 0 spiro atoms. The zero-order valence-electron chi connectivity index (χ0n) is 22.1. The number of benzene rings is 1. The van der Waals surface area contributed by atoms with Gasteiger partial charge in [-0.25, -0.2) is 0 Å². The highest BCUT2D eigenvalue weighted by Gasteiger charge is 2.28. The molecule has 6 nitrogen and oxygen atoms in total. The third-order valence-corrected chi connectivity index (χ3v) is 7.36. The summed E-state index contributed by atoms with van der Waals surface area (Å²) in [6.45, 7) is 13.4. The summed E-state index contributed by atoms with van der Waals surface area (Å²) in [6.07, 6.45) is 2.57. The van der Waals surface area contributed by atoms with Crippen LogP contribution in [0.25, 0.3) is 22.2 Å². The quantitative estimate of drug-likeness (QED) is 0.507. The summed E-state index contributed by atoms with van der Waals surface area (Å²) >= 11 is 0. The van der Waals surface area contributed by atoms with Gasteiger partial charge in [-0.3, -0.25) is 4.98 Å². The summed E-state index contributed by atoms with van der Waals surface area (Å²) in [6, 6.07) is 8.45. The number of nitrogens with zero attached hydrogens (tertiary/aromatic N) is 4. The monoisotopic (exact) mass is 474 g/mol. The Labute approximate surface area is 211 Å². The molecule has 0 bridgehead atoms. The van der Waals surface area contributed by atoms with E-state index < -0.39 is 0 Å². The van der Waals surface area contributed by atoms with Crippen LogP contribution in [0, 0.1) is 5.41 Å². The highest BCUT2D eigenvalue weighted by molar-refractivity contribution is 6.33. The summed E-state index contributed by atoms with van der Waals surface area (Å²) in [7, 11) is 10.2. The number of hydrogen-bond acceptors (Lipinski definition) is 5. The van der Waals surface area contributed by atoms with Gasteiger partial charge in [0.2, 0.25) is 0 Å². The van der Waals surface area contributed by atoms with E-state index in [1.807, 2.05) is 12.3 Å². The van der Waals surface area contributed by atoms with Crippen LogP contribution in [-0.4, -0.2) is 74.3 Å². The minimum Gasteiger partial charge on any atom is -0.396 e. The van der Waals surface area contributed by atoms with Crippen LogP contribution in [0.4, 0.5) is 5.69 Å². The molecule has 4 rings (SSSR count). The largest absolute Gasteiger partial charge is 0.396 e. The summed E-state index contributed by atoms with van der Waals surface area (Å²) in [5.74, 6) is 0. The molecule has 0 aliphatic carbocycles. The Kier molecular flexibility index (Phi) is 7.60. The molecule has 1 fully saturated rings. The molecule has 1 saturated heterocycles. The molecule has 1 N–H and O–H groups in total. The van der Waals surface area contributed by atoms with E-state index in [9.17, 15) is 5.11 Å². The van der Waals surface area contributed by atoms with Crippen LogP contribution in [0.3, 0.4) is 0 Å². The molecule has 186 valence electrons. The van der Waals surface area contributed by atoms with Crippen LogP contribution in [0.2, 0.25) is 0 Å². The number of rotatable bonds is 8. The van der Waals surface area contributed by atoms with Crippen molar-refractivity contribution >= 4 is 29.9 Å². The van der Waals surface area contributed by atoms with Gasteiger partial charge >= 0.3 is 0 Å². The van der Waals surface area contributed by atoms with E-state index in [2.05, 4.69) is 67.3 Å². The second kappa shape index (κ2) is 10.3. The minimum absolute atomic E-state index is 0.106. The van der Waals surface area contributed by atoms with Crippen LogP contribution in [0.5, 0.6) is 0 Å². The Morgan fingerprint density at radius 3 is 2.51 bits per heavy atom. The van der Waals surface area contributed by atoms with E-state index >= 15 is 0 Å². The third kappa shape index (κ3) is 5.13. The van der Waals surface area contributed by atoms with E-state index in [4.69, 9.17) is 17.6 Å². The fourth-order valence-electron chi connectivity index (χ4n) is 5.12. The van der Waals surface area contributed by atoms with Gasteiger partial charge in [-0.05, 0) is 50.4 Å². The number of aliphatic hydroxyl groups is 1. The molecule has 3 heterocycles. The highest BCUT2D eigenvalue weighted by Crippen LogP contribution is 2.41. The second-order valence-electron chi connectivity index (χ2n) is 10.6. The predicted molar refractivity (Wildman–Crippen MR) is 146 cm³/mol. The van der Waals surface area contributed by atoms with Crippen molar-refractivity contribution in [2.24, 2.45) is 5.41 Å². The van der Waals surface area contributed by atoms with Gasteiger partial charge in [0.1, 0.15) is 7.85 Å². The number of anilines is 1. The van der Waals surface area contributed by atoms with E-state index in [1.54, 1.807) is 7.11 Å². The number of likely N-dealkylation sites (N-methyl/N-ethyl adjacent to an activating group) is 1. The van der Waals surface area contributed by atoms with Gasteiger partial charge in [0.15, 0.2) is 0 Å². The summed E-state index contributed by atoms with van der Waals surface area (Å²) in [4.78, 5) is 9.76. The Bertz CT molecular complexity index is 1180. The maximum atomic E-state index is 10.1. The standard InChI is InChI=1S/C28H39BN4O2/c1-7-33-25-9-8-20(29)14-22(25)24(16-28(3,4)18-34)27(33)23-15-21(17-30-26(23)19(2)35-6)32-12-10-31(5)11-13-32/h8-9,14-15,17,19,34H,7,10-13,16,18H2,1-6H3. The first-order valence-corrected chi connectivity index (χ1v) is 12.7. The first-order chi connectivity index (χ1) is 16.7. The molecule has 0 amide bonds. The zero-order valence-corrected chi connectivity index (χ0v) is 22.1. The van der Waals surface area contributed by atoms with Crippen molar-refractivity contribution in [2.45, 2.75) is 46.8 Å². The average molecular weight is 474 g/mol. The topological polar surface area (TPSA) is 53.8 Å². The fraction of sp³-hybridized carbons (Fsp3) is 0.536. The predicted octanol–water partition coefficient (Wildman–Crippen LogP) is 3.54. The number of aromatic nitrogens is 2. The Morgan fingerprint density at radius 1 is 1.17 bits per heavy atom. The fourth-order valence-corrected chi connectivity index (χ4v) is 5.12. The number of pyridine rings is 1. The van der Waals surface area contributed by atoms with Crippen molar-refractivity contribution in [1.29, 1.82) is 0 Å². The molecule has 2 aromatic heterocycles. The number of aryl methyl sites for hydroxylation is 1. The zero-order chi connectivity index (χ0) is 25.3. The smallest absolute Gasteiger partial charge is 0.113 e. The van der Waals surface area contributed by atoms with Crippen LogP contribution < -0.4 is 10.4 Å². The third-order valence-electron chi connectivity index (χ3n) is 7.36. The van der Waals surface area contributed by atoms with Crippen molar-refractivity contribution in [1.82, 2.24) is 14.5 Å². The molecule has 7 heteroatoms.